The van der Waals surface area contributed by atoms with E-state index in [0.717, 1.165) is 40.1 Å². The number of hydrogen-bond acceptors (Lipinski definition) is 7. The van der Waals surface area contributed by atoms with Gasteiger partial charge in [-0.05, 0) is 73.6 Å². The number of thiazole rings is 1. The number of nitrogens with two attached hydrogens (primary N) is 1. The van der Waals surface area contributed by atoms with Crippen LogP contribution in [0.4, 0.5) is 4.39 Å². The van der Waals surface area contributed by atoms with Crippen molar-refractivity contribution in [2.45, 2.75) is 44.4 Å². The molecule has 3 aromatic heterocycles. The van der Waals surface area contributed by atoms with Crippen molar-refractivity contribution in [3.63, 3.8) is 0 Å². The third-order valence-electron chi connectivity index (χ3n) is 7.48. The molecule has 1 atom stereocenters. The molecule has 0 spiro atoms. The third-order valence-corrected chi connectivity index (χ3v) is 9.98. The number of rotatable bonds is 8. The first-order valence-corrected chi connectivity index (χ1v) is 16.4. The van der Waals surface area contributed by atoms with Gasteiger partial charge in [0.1, 0.15) is 0 Å². The quantitative estimate of drug-likeness (QED) is 0.149. The van der Waals surface area contributed by atoms with Crippen LogP contribution in [0, 0.1) is 30.0 Å². The van der Waals surface area contributed by atoms with E-state index in [1.165, 1.54) is 33.7 Å². The number of carbonyl (C=O) groups is 1. The van der Waals surface area contributed by atoms with Crippen LogP contribution in [-0.2, 0) is 24.2 Å². The van der Waals surface area contributed by atoms with E-state index in [4.69, 9.17) is 10.2 Å². The van der Waals surface area contributed by atoms with E-state index in [0.29, 0.717) is 29.2 Å². The van der Waals surface area contributed by atoms with Gasteiger partial charge in [-0.15, -0.1) is 27.8 Å². The van der Waals surface area contributed by atoms with Gasteiger partial charge in [-0.3, -0.25) is 0 Å². The maximum atomic E-state index is 14.9. The van der Waals surface area contributed by atoms with E-state index >= 15 is 0 Å². The number of nitrogens with zero attached hydrogens (tertiary/aromatic N) is 3. The predicted molar refractivity (Wildman–Crippen MR) is 168 cm³/mol. The molecule has 43 heavy (non-hydrogen) atoms. The standard InChI is InChI=1S/C32H27FN4O3S3/c1-19-6-9-23(42-19)10-7-20-4-3-5-22(14-20)29-24(15-21-8-11-28(43(34)40)25(33)16-21)27(17-32(2)12-13-32)37(36-29)31-35-26(18-41-31)30(38)39/h3-6,8-9,11,14,16,18H,12-13,15,17,34H2,1-2H3,(H,38,39). The summed E-state index contributed by atoms with van der Waals surface area (Å²) >= 11 is 0.915. The van der Waals surface area contributed by atoms with Crippen LogP contribution in [0.5, 0.6) is 0 Å². The highest BCUT2D eigenvalue weighted by Gasteiger charge is 2.40. The second-order valence-corrected chi connectivity index (χ2v) is 14.1. The van der Waals surface area contributed by atoms with Crippen molar-refractivity contribution in [1.29, 1.82) is 0 Å². The van der Waals surface area contributed by atoms with E-state index in [9.17, 15) is 18.8 Å². The summed E-state index contributed by atoms with van der Waals surface area (Å²) in [6.45, 7) is 4.26. The van der Waals surface area contributed by atoms with Crippen molar-refractivity contribution in [1.82, 2.24) is 14.8 Å². The lowest BCUT2D eigenvalue weighted by Gasteiger charge is -2.13. The van der Waals surface area contributed by atoms with Crippen molar-refractivity contribution >= 4 is 40.0 Å². The number of carboxylic acids is 1. The summed E-state index contributed by atoms with van der Waals surface area (Å²) in [4.78, 5) is 18.1. The Kier molecular flexibility index (Phi) is 7.98. The molecule has 7 nitrogen and oxygen atoms in total. The highest BCUT2D eigenvalue weighted by Crippen LogP contribution is 2.49. The number of aromatic nitrogens is 3. The van der Waals surface area contributed by atoms with Gasteiger partial charge in [-0.25, -0.2) is 18.9 Å². The van der Waals surface area contributed by atoms with E-state index in [1.54, 1.807) is 22.1 Å². The fourth-order valence-electron chi connectivity index (χ4n) is 4.90. The zero-order valence-corrected chi connectivity index (χ0v) is 25.8. The second kappa shape index (κ2) is 11.7. The molecule has 2 aromatic carbocycles. The molecular formula is C32H27FN4O3S3. The normalized spacial score (nSPS) is 14.3. The Hall–Kier alpha value is -3.79. The molecule has 11 heteroatoms. The molecule has 1 aliphatic rings. The third kappa shape index (κ3) is 6.44. The Bertz CT molecular complexity index is 1910. The summed E-state index contributed by atoms with van der Waals surface area (Å²) < 4.78 is 28.4. The Labute approximate surface area is 259 Å². The number of hydrogen-bond donors (Lipinski definition) is 2. The summed E-state index contributed by atoms with van der Waals surface area (Å²) in [5.41, 5.74) is 4.84. The molecular weight excluding hydrogens is 604 g/mol. The molecule has 6 rings (SSSR count). The van der Waals surface area contributed by atoms with Crippen LogP contribution in [0.15, 0.2) is 64.9 Å². The minimum absolute atomic E-state index is 0.0456. The van der Waals surface area contributed by atoms with Gasteiger partial charge in [0.25, 0.3) is 0 Å². The maximum absolute atomic E-state index is 14.9. The average Bonchev–Trinajstić information content (AvgIpc) is 3.30. The number of aromatic carboxylic acids is 1. The first kappa shape index (κ1) is 29.3. The van der Waals surface area contributed by atoms with Crippen LogP contribution in [0.25, 0.3) is 16.4 Å². The fraction of sp³-hybridized carbons (Fsp3) is 0.219. The van der Waals surface area contributed by atoms with Crippen molar-refractivity contribution < 1.29 is 18.8 Å². The lowest BCUT2D eigenvalue weighted by molar-refractivity contribution is 0.0691. The number of aryl methyl sites for hydroxylation is 1. The summed E-state index contributed by atoms with van der Waals surface area (Å²) in [6.07, 6.45) is 3.16. The predicted octanol–water partition coefficient (Wildman–Crippen LogP) is 6.52. The highest BCUT2D eigenvalue weighted by molar-refractivity contribution is 7.89. The van der Waals surface area contributed by atoms with Crippen LogP contribution in [-0.4, -0.2) is 30.4 Å². The van der Waals surface area contributed by atoms with Gasteiger partial charge >= 0.3 is 5.97 Å². The van der Waals surface area contributed by atoms with Crippen molar-refractivity contribution in [2.24, 2.45) is 10.6 Å². The Morgan fingerprint density at radius 2 is 2.02 bits per heavy atom. The van der Waals surface area contributed by atoms with Crippen LogP contribution >= 0.6 is 22.7 Å². The van der Waals surface area contributed by atoms with Crippen LogP contribution < -0.4 is 5.14 Å². The molecule has 0 amide bonds. The molecule has 1 aliphatic carbocycles. The average molecular weight is 631 g/mol. The van der Waals surface area contributed by atoms with Crippen LogP contribution in [0.2, 0.25) is 0 Å². The molecule has 3 N–H and O–H groups in total. The molecule has 5 aromatic rings. The summed E-state index contributed by atoms with van der Waals surface area (Å²) in [5, 5.41) is 22.0. The minimum atomic E-state index is -1.94. The van der Waals surface area contributed by atoms with E-state index in [2.05, 4.69) is 23.7 Å². The van der Waals surface area contributed by atoms with E-state index in [-0.39, 0.29) is 16.0 Å². The molecule has 1 saturated carbocycles. The van der Waals surface area contributed by atoms with Crippen molar-refractivity contribution in [2.75, 3.05) is 0 Å². The molecule has 0 radical (unpaired) electrons. The number of carboxylic acid groups (broad SMARTS) is 1. The lowest BCUT2D eigenvalue weighted by Crippen LogP contribution is -2.14. The molecule has 218 valence electrons. The van der Waals surface area contributed by atoms with Gasteiger partial charge in [0.05, 0.1) is 27.6 Å². The van der Waals surface area contributed by atoms with Crippen molar-refractivity contribution in [3.05, 3.63) is 104 Å². The summed E-state index contributed by atoms with van der Waals surface area (Å²) in [7, 11) is 0. The molecule has 0 saturated heterocycles. The van der Waals surface area contributed by atoms with Gasteiger partial charge in [-0.2, -0.15) is 5.10 Å². The SMILES string of the molecule is Cc1ccc(C#Cc2cccc(-c3nn(-c4nc(C(=O)O)cs4)c(CC4(C)CC4)c3Cc3ccc([S+](N)[O-])c(F)c3)c2)s1. The molecule has 0 bridgehead atoms. The van der Waals surface area contributed by atoms with Gasteiger partial charge in [0, 0.05) is 33.4 Å². The first-order valence-electron chi connectivity index (χ1n) is 13.5. The smallest absolute Gasteiger partial charge is 0.355 e. The second-order valence-electron chi connectivity index (χ2n) is 11.0. The molecule has 1 unspecified atom stereocenters. The van der Waals surface area contributed by atoms with Gasteiger partial charge in [-0.1, -0.05) is 37.0 Å². The Morgan fingerprint density at radius 1 is 1.21 bits per heavy atom. The lowest BCUT2D eigenvalue weighted by atomic mass is 9.93. The summed E-state index contributed by atoms with van der Waals surface area (Å²) in [5.74, 6) is 4.75. The molecule has 3 heterocycles. The zero-order chi connectivity index (χ0) is 30.3. The van der Waals surface area contributed by atoms with E-state index < -0.39 is 23.1 Å². The zero-order valence-electron chi connectivity index (χ0n) is 23.4. The highest BCUT2D eigenvalue weighted by atomic mass is 32.2. The van der Waals surface area contributed by atoms with Crippen LogP contribution in [0.1, 0.15) is 62.4 Å². The Morgan fingerprint density at radius 3 is 2.67 bits per heavy atom. The topological polar surface area (TPSA) is 117 Å². The fourth-order valence-corrected chi connectivity index (χ4v) is 6.85. The maximum Gasteiger partial charge on any atom is 0.355 e. The van der Waals surface area contributed by atoms with Crippen LogP contribution in [0.3, 0.4) is 0 Å². The number of halogens is 1. The molecule has 0 aliphatic heterocycles. The van der Waals surface area contributed by atoms with E-state index in [1.807, 2.05) is 43.3 Å². The monoisotopic (exact) mass is 630 g/mol. The minimum Gasteiger partial charge on any atom is -0.593 e. The number of thiophene rings is 1. The largest absolute Gasteiger partial charge is 0.593 e. The van der Waals surface area contributed by atoms with Crippen molar-refractivity contribution in [3.8, 4) is 28.2 Å². The van der Waals surface area contributed by atoms with Gasteiger partial charge in [0.2, 0.25) is 10.0 Å². The molecule has 1 fully saturated rings. The number of benzene rings is 2. The van der Waals surface area contributed by atoms with Gasteiger partial charge in [0.15, 0.2) is 11.5 Å². The first-order chi connectivity index (χ1) is 20.6. The summed E-state index contributed by atoms with van der Waals surface area (Å²) in [6, 6.07) is 16.4. The van der Waals surface area contributed by atoms with Gasteiger partial charge < -0.3 is 9.66 Å². The Balaban J connectivity index is 1.50.